The lowest BCUT2D eigenvalue weighted by atomic mass is 9.53. The Morgan fingerprint density at radius 2 is 1.81 bits per heavy atom. The van der Waals surface area contributed by atoms with E-state index in [1.807, 2.05) is 6.92 Å². The van der Waals surface area contributed by atoms with Gasteiger partial charge in [0.05, 0.1) is 11.5 Å². The molecule has 3 aliphatic carbocycles. The van der Waals surface area contributed by atoms with E-state index in [2.05, 4.69) is 13.0 Å². The molecular weight excluding hydrogens is 334 g/mol. The zero-order chi connectivity index (χ0) is 19.3. The van der Waals surface area contributed by atoms with Crippen LogP contribution < -0.4 is 0 Å². The molecule has 3 heteroatoms. The Morgan fingerprint density at radius 3 is 2.56 bits per heavy atom. The third-order valence-electron chi connectivity index (χ3n) is 7.91. The van der Waals surface area contributed by atoms with Crippen molar-refractivity contribution in [3.05, 3.63) is 0 Å². The number of nitrogens with zero attached hydrogens (tertiary/aromatic N) is 1. The van der Waals surface area contributed by atoms with Crippen LogP contribution in [0.5, 0.6) is 0 Å². The predicted molar refractivity (Wildman–Crippen MR) is 108 cm³/mol. The fraction of sp³-hybridized carbons (Fsp3) is 0.917. The molecule has 0 bridgehead atoms. The molecule has 0 aromatic heterocycles. The van der Waals surface area contributed by atoms with Gasteiger partial charge in [0.15, 0.2) is 0 Å². The van der Waals surface area contributed by atoms with Gasteiger partial charge in [-0.3, -0.25) is 4.79 Å². The molecule has 0 aliphatic heterocycles. The van der Waals surface area contributed by atoms with Gasteiger partial charge >= 0.3 is 5.97 Å². The van der Waals surface area contributed by atoms with Crippen LogP contribution in [0.4, 0.5) is 0 Å². The maximum Gasteiger partial charge on any atom is 0.306 e. The SMILES string of the molecule is CCCCC[C@@]1(C#N)CCC2C(CCC3C[C@@H](OC(=O)CCC)CCC32)C1. The lowest BCUT2D eigenvalue weighted by Crippen LogP contribution is -2.45. The van der Waals surface area contributed by atoms with Gasteiger partial charge in [-0.15, -0.1) is 0 Å². The monoisotopic (exact) mass is 373 g/mol. The number of carbonyl (C=O) groups is 1. The van der Waals surface area contributed by atoms with E-state index in [4.69, 9.17) is 4.74 Å². The zero-order valence-electron chi connectivity index (χ0n) is 17.5. The highest BCUT2D eigenvalue weighted by Crippen LogP contribution is 2.56. The lowest BCUT2D eigenvalue weighted by Gasteiger charge is -2.52. The Balaban J connectivity index is 1.55. The molecule has 0 aromatic carbocycles. The Labute approximate surface area is 166 Å². The Bertz CT molecular complexity index is 539. The summed E-state index contributed by atoms with van der Waals surface area (Å²) in [5.74, 6) is 3.15. The summed E-state index contributed by atoms with van der Waals surface area (Å²) in [6.45, 7) is 4.28. The van der Waals surface area contributed by atoms with Crippen LogP contribution in [-0.2, 0) is 9.53 Å². The van der Waals surface area contributed by atoms with Gasteiger partial charge in [0, 0.05) is 6.42 Å². The molecule has 3 nitrogen and oxygen atoms in total. The number of fused-ring (bicyclic) bond motifs is 3. The number of ether oxygens (including phenoxy) is 1. The van der Waals surface area contributed by atoms with E-state index < -0.39 is 0 Å². The average molecular weight is 374 g/mol. The van der Waals surface area contributed by atoms with Crippen molar-refractivity contribution in [1.82, 2.24) is 0 Å². The van der Waals surface area contributed by atoms with Crippen molar-refractivity contribution in [2.45, 2.75) is 110 Å². The van der Waals surface area contributed by atoms with E-state index in [1.165, 1.54) is 44.9 Å². The predicted octanol–water partition coefficient (Wildman–Crippen LogP) is 6.41. The molecule has 0 radical (unpaired) electrons. The van der Waals surface area contributed by atoms with Crippen LogP contribution in [0.25, 0.3) is 0 Å². The fourth-order valence-corrected chi connectivity index (χ4v) is 6.54. The van der Waals surface area contributed by atoms with Crippen molar-refractivity contribution in [3.8, 4) is 6.07 Å². The molecule has 0 aromatic rings. The average Bonchev–Trinajstić information content (AvgIpc) is 2.68. The first-order valence-corrected chi connectivity index (χ1v) is 11.7. The summed E-state index contributed by atoms with van der Waals surface area (Å²) in [5.41, 5.74) is -0.0317. The van der Waals surface area contributed by atoms with Gasteiger partial charge in [-0.1, -0.05) is 33.1 Å². The Hall–Kier alpha value is -1.04. The van der Waals surface area contributed by atoms with E-state index in [9.17, 15) is 10.1 Å². The van der Waals surface area contributed by atoms with Gasteiger partial charge in [-0.05, 0) is 87.9 Å². The van der Waals surface area contributed by atoms with Crippen LogP contribution >= 0.6 is 0 Å². The number of hydrogen-bond donors (Lipinski definition) is 0. The van der Waals surface area contributed by atoms with Gasteiger partial charge in [-0.2, -0.15) is 5.26 Å². The lowest BCUT2D eigenvalue weighted by molar-refractivity contribution is -0.153. The standard InChI is InChI=1S/C24H39NO2/c1-3-5-6-13-24(17-25)14-12-22-19(16-24)9-8-18-15-20(10-11-21(18)22)27-23(26)7-4-2/h18-22H,3-16H2,1-2H3/t18?,19?,20-,21?,22?,24+/m0/s1. The second-order valence-electron chi connectivity index (χ2n) is 9.69. The molecule has 0 N–H and O–H groups in total. The van der Waals surface area contributed by atoms with Crippen molar-refractivity contribution < 1.29 is 9.53 Å². The van der Waals surface area contributed by atoms with E-state index in [0.717, 1.165) is 62.2 Å². The summed E-state index contributed by atoms with van der Waals surface area (Å²) >= 11 is 0. The quantitative estimate of drug-likeness (QED) is 0.382. The molecule has 0 amide bonds. The van der Waals surface area contributed by atoms with Crippen LogP contribution in [0.1, 0.15) is 104 Å². The molecule has 0 spiro atoms. The normalized spacial score (nSPS) is 38.3. The summed E-state index contributed by atoms with van der Waals surface area (Å²) < 4.78 is 5.74. The second kappa shape index (κ2) is 9.44. The minimum absolute atomic E-state index is 0.00168. The van der Waals surface area contributed by atoms with Crippen molar-refractivity contribution in [2.75, 3.05) is 0 Å². The molecule has 152 valence electrons. The number of rotatable bonds is 7. The van der Waals surface area contributed by atoms with E-state index in [-0.39, 0.29) is 17.5 Å². The minimum atomic E-state index is -0.0317. The number of unbranched alkanes of at least 4 members (excludes halogenated alkanes) is 2. The summed E-state index contributed by atoms with van der Waals surface area (Å²) in [6, 6.07) is 2.76. The number of carbonyl (C=O) groups excluding carboxylic acids is 1. The summed E-state index contributed by atoms with van der Waals surface area (Å²) in [4.78, 5) is 11.9. The molecule has 6 atom stereocenters. The van der Waals surface area contributed by atoms with Crippen LogP contribution in [-0.4, -0.2) is 12.1 Å². The first kappa shape index (κ1) is 20.7. The van der Waals surface area contributed by atoms with Crippen molar-refractivity contribution >= 4 is 5.97 Å². The number of nitriles is 1. The van der Waals surface area contributed by atoms with Crippen LogP contribution in [0, 0.1) is 40.4 Å². The highest BCUT2D eigenvalue weighted by atomic mass is 16.5. The summed E-state index contributed by atoms with van der Waals surface area (Å²) in [6.07, 6.45) is 15.9. The molecule has 3 rings (SSSR count). The van der Waals surface area contributed by atoms with Crippen molar-refractivity contribution in [3.63, 3.8) is 0 Å². The third-order valence-corrected chi connectivity index (χ3v) is 7.91. The maximum absolute atomic E-state index is 11.9. The second-order valence-corrected chi connectivity index (χ2v) is 9.69. The fourth-order valence-electron chi connectivity index (χ4n) is 6.54. The first-order chi connectivity index (χ1) is 13.1. The molecule has 3 fully saturated rings. The smallest absolute Gasteiger partial charge is 0.306 e. The highest BCUT2D eigenvalue weighted by molar-refractivity contribution is 5.69. The van der Waals surface area contributed by atoms with Crippen LogP contribution in [0.3, 0.4) is 0 Å². The van der Waals surface area contributed by atoms with Crippen molar-refractivity contribution in [2.24, 2.45) is 29.1 Å². The molecular formula is C24H39NO2. The highest BCUT2D eigenvalue weighted by Gasteiger charge is 2.48. The van der Waals surface area contributed by atoms with Gasteiger partial charge in [0.2, 0.25) is 0 Å². The van der Waals surface area contributed by atoms with Crippen LogP contribution in [0.2, 0.25) is 0 Å². The van der Waals surface area contributed by atoms with E-state index in [1.54, 1.807) is 0 Å². The van der Waals surface area contributed by atoms with Crippen molar-refractivity contribution in [1.29, 1.82) is 5.26 Å². The molecule has 3 aliphatic rings. The Morgan fingerprint density at radius 1 is 1.04 bits per heavy atom. The summed E-state index contributed by atoms with van der Waals surface area (Å²) in [7, 11) is 0. The van der Waals surface area contributed by atoms with Gasteiger partial charge in [-0.25, -0.2) is 0 Å². The first-order valence-electron chi connectivity index (χ1n) is 11.7. The molecule has 0 heterocycles. The topological polar surface area (TPSA) is 50.1 Å². The van der Waals surface area contributed by atoms with Crippen LogP contribution in [0.15, 0.2) is 0 Å². The van der Waals surface area contributed by atoms with E-state index >= 15 is 0 Å². The van der Waals surface area contributed by atoms with E-state index in [0.29, 0.717) is 6.42 Å². The number of esters is 1. The molecule has 27 heavy (non-hydrogen) atoms. The third kappa shape index (κ3) is 4.87. The largest absolute Gasteiger partial charge is 0.462 e. The summed E-state index contributed by atoms with van der Waals surface area (Å²) in [5, 5.41) is 9.93. The molecule has 3 saturated carbocycles. The molecule has 4 unspecified atom stereocenters. The maximum atomic E-state index is 11.9. The minimum Gasteiger partial charge on any atom is -0.462 e. The zero-order valence-corrected chi connectivity index (χ0v) is 17.5. The van der Waals surface area contributed by atoms with Gasteiger partial charge < -0.3 is 4.74 Å². The number of hydrogen-bond acceptors (Lipinski definition) is 3. The molecule has 0 saturated heterocycles. The van der Waals surface area contributed by atoms with Gasteiger partial charge in [0.25, 0.3) is 0 Å². The van der Waals surface area contributed by atoms with Gasteiger partial charge in [0.1, 0.15) is 6.10 Å². The Kier molecular flexibility index (Phi) is 7.23.